The number of hydrogen-bond acceptors (Lipinski definition) is 0. The van der Waals surface area contributed by atoms with Crippen molar-refractivity contribution in [3.63, 3.8) is 0 Å². The Hall–Kier alpha value is 0. The van der Waals surface area contributed by atoms with Crippen LogP contribution in [0.2, 0.25) is 0 Å². The van der Waals surface area contributed by atoms with Gasteiger partial charge in [-0.1, -0.05) is 33.1 Å². The summed E-state index contributed by atoms with van der Waals surface area (Å²) in [4.78, 5) is 0. The minimum absolute atomic E-state index is 0.909. The van der Waals surface area contributed by atoms with Crippen molar-refractivity contribution in [2.24, 2.45) is 11.8 Å². The lowest BCUT2D eigenvalue weighted by molar-refractivity contribution is 0.344. The van der Waals surface area contributed by atoms with Crippen molar-refractivity contribution in [2.75, 3.05) is 0 Å². The average Bonchev–Trinajstić information content (AvgIpc) is 2.12. The highest BCUT2D eigenvalue weighted by Crippen LogP contribution is 2.27. The summed E-state index contributed by atoms with van der Waals surface area (Å²) in [6, 6.07) is 0. The van der Waals surface area contributed by atoms with Crippen LogP contribution in [0.4, 0.5) is 0 Å². The van der Waals surface area contributed by atoms with E-state index >= 15 is 0 Å². The third-order valence-electron chi connectivity index (χ3n) is 2.67. The van der Waals surface area contributed by atoms with E-state index in [9.17, 15) is 0 Å². The molecule has 0 bridgehead atoms. The zero-order valence-electron chi connectivity index (χ0n) is 7.27. The highest BCUT2D eigenvalue weighted by molar-refractivity contribution is 4.75. The van der Waals surface area contributed by atoms with E-state index in [0.717, 1.165) is 11.8 Å². The topological polar surface area (TPSA) is 0 Å². The van der Waals surface area contributed by atoms with Crippen LogP contribution in [0.15, 0.2) is 0 Å². The number of rotatable bonds is 1. The van der Waals surface area contributed by atoms with Gasteiger partial charge in [0.2, 0.25) is 0 Å². The van der Waals surface area contributed by atoms with Gasteiger partial charge in [0.25, 0.3) is 0 Å². The van der Waals surface area contributed by atoms with Crippen molar-refractivity contribution in [2.45, 2.75) is 46.0 Å². The SMILES string of the molecule is CC(C)C1CC[CH]CCC1. The molecule has 0 aromatic heterocycles. The van der Waals surface area contributed by atoms with Crippen LogP contribution in [-0.2, 0) is 0 Å². The second kappa shape index (κ2) is 4.00. The lowest BCUT2D eigenvalue weighted by Crippen LogP contribution is -2.06. The Morgan fingerprint density at radius 1 is 1.20 bits per heavy atom. The largest absolute Gasteiger partial charge is 0.0625 e. The fourth-order valence-electron chi connectivity index (χ4n) is 1.81. The van der Waals surface area contributed by atoms with Crippen molar-refractivity contribution in [1.82, 2.24) is 0 Å². The van der Waals surface area contributed by atoms with Crippen LogP contribution in [0.25, 0.3) is 0 Å². The second-order valence-corrected chi connectivity index (χ2v) is 3.80. The molecule has 0 spiro atoms. The van der Waals surface area contributed by atoms with Gasteiger partial charge in [0.15, 0.2) is 0 Å². The highest BCUT2D eigenvalue weighted by Gasteiger charge is 2.14. The van der Waals surface area contributed by atoms with Crippen molar-refractivity contribution in [1.29, 1.82) is 0 Å². The molecule has 10 heavy (non-hydrogen) atoms. The molecule has 0 nitrogen and oxygen atoms in total. The Bertz CT molecular complexity index is 76.0. The third-order valence-corrected chi connectivity index (χ3v) is 2.67. The van der Waals surface area contributed by atoms with E-state index in [1.165, 1.54) is 32.1 Å². The third kappa shape index (κ3) is 2.32. The minimum atomic E-state index is 0.909. The Kier molecular flexibility index (Phi) is 3.24. The van der Waals surface area contributed by atoms with Crippen LogP contribution >= 0.6 is 0 Å². The van der Waals surface area contributed by atoms with Crippen LogP contribution in [0.1, 0.15) is 46.0 Å². The fourth-order valence-corrected chi connectivity index (χ4v) is 1.81. The Morgan fingerprint density at radius 2 is 2.00 bits per heavy atom. The maximum atomic E-state index is 2.46. The van der Waals surface area contributed by atoms with Gasteiger partial charge < -0.3 is 0 Å². The van der Waals surface area contributed by atoms with Crippen LogP contribution in [-0.4, -0.2) is 0 Å². The molecule has 0 heterocycles. The Balaban J connectivity index is 2.28. The predicted molar refractivity (Wildman–Crippen MR) is 45.7 cm³/mol. The van der Waals surface area contributed by atoms with Gasteiger partial charge in [0.05, 0.1) is 0 Å². The normalized spacial score (nSPS) is 23.1. The smallest absolute Gasteiger partial charge is 0.0386 e. The lowest BCUT2D eigenvalue weighted by atomic mass is 9.89. The summed E-state index contributed by atoms with van der Waals surface area (Å²) in [5.41, 5.74) is 0. The van der Waals surface area contributed by atoms with E-state index in [2.05, 4.69) is 20.3 Å². The molecular formula is C10H19. The molecule has 0 N–H and O–H groups in total. The summed E-state index contributed by atoms with van der Waals surface area (Å²) in [5, 5.41) is 0. The molecule has 1 atom stereocenters. The molecule has 0 aromatic carbocycles. The second-order valence-electron chi connectivity index (χ2n) is 3.80. The van der Waals surface area contributed by atoms with Crippen LogP contribution in [0, 0.1) is 18.3 Å². The van der Waals surface area contributed by atoms with Gasteiger partial charge in [0, 0.05) is 0 Å². The Labute approximate surface area is 65.0 Å². The van der Waals surface area contributed by atoms with Gasteiger partial charge in [-0.3, -0.25) is 0 Å². The van der Waals surface area contributed by atoms with E-state index in [1.807, 2.05) is 0 Å². The molecule has 1 saturated carbocycles. The molecule has 1 radical (unpaired) electrons. The molecule has 1 unspecified atom stereocenters. The van der Waals surface area contributed by atoms with E-state index in [1.54, 1.807) is 0 Å². The van der Waals surface area contributed by atoms with E-state index in [-0.39, 0.29) is 0 Å². The quantitative estimate of drug-likeness (QED) is 0.488. The average molecular weight is 139 g/mol. The molecule has 59 valence electrons. The summed E-state index contributed by atoms with van der Waals surface area (Å²) in [7, 11) is 0. The molecule has 0 saturated heterocycles. The van der Waals surface area contributed by atoms with Crippen LogP contribution in [0.5, 0.6) is 0 Å². The summed E-state index contributed by atoms with van der Waals surface area (Å²) in [6.45, 7) is 4.71. The molecule has 0 amide bonds. The molecule has 1 fully saturated rings. The molecule has 1 rings (SSSR count). The summed E-state index contributed by atoms with van der Waals surface area (Å²) in [6.07, 6.45) is 9.53. The first-order chi connectivity index (χ1) is 4.80. The standard InChI is InChI=1S/C10H19/c1-9(2)10-7-5-3-4-6-8-10/h3,9-10H,4-8H2,1-2H3. The van der Waals surface area contributed by atoms with Crippen molar-refractivity contribution in [3.8, 4) is 0 Å². The van der Waals surface area contributed by atoms with Crippen molar-refractivity contribution < 1.29 is 0 Å². The molecule has 0 aromatic rings. The maximum Gasteiger partial charge on any atom is -0.0386 e. The van der Waals surface area contributed by atoms with Gasteiger partial charge in [-0.15, -0.1) is 0 Å². The maximum absolute atomic E-state index is 2.46. The van der Waals surface area contributed by atoms with Crippen molar-refractivity contribution >= 4 is 0 Å². The summed E-state index contributed by atoms with van der Waals surface area (Å²) < 4.78 is 0. The van der Waals surface area contributed by atoms with E-state index in [4.69, 9.17) is 0 Å². The molecule has 0 heteroatoms. The van der Waals surface area contributed by atoms with E-state index in [0.29, 0.717) is 0 Å². The summed E-state index contributed by atoms with van der Waals surface area (Å²) in [5.74, 6) is 1.92. The zero-order chi connectivity index (χ0) is 7.40. The molecule has 1 aliphatic rings. The highest BCUT2D eigenvalue weighted by atomic mass is 14.2. The zero-order valence-corrected chi connectivity index (χ0v) is 7.27. The van der Waals surface area contributed by atoms with Gasteiger partial charge in [-0.05, 0) is 31.1 Å². The monoisotopic (exact) mass is 139 g/mol. The van der Waals surface area contributed by atoms with Gasteiger partial charge in [-0.2, -0.15) is 0 Å². The Morgan fingerprint density at radius 3 is 2.70 bits per heavy atom. The van der Waals surface area contributed by atoms with Crippen molar-refractivity contribution in [3.05, 3.63) is 6.42 Å². The lowest BCUT2D eigenvalue weighted by Gasteiger charge is -2.17. The van der Waals surface area contributed by atoms with Gasteiger partial charge in [0.1, 0.15) is 0 Å². The molecule has 0 aliphatic heterocycles. The van der Waals surface area contributed by atoms with Crippen LogP contribution < -0.4 is 0 Å². The van der Waals surface area contributed by atoms with Crippen LogP contribution in [0.3, 0.4) is 0 Å². The first-order valence-corrected chi connectivity index (χ1v) is 4.62. The molecule has 1 aliphatic carbocycles. The number of hydrogen-bond donors (Lipinski definition) is 0. The van der Waals surface area contributed by atoms with Gasteiger partial charge >= 0.3 is 0 Å². The predicted octanol–water partition coefficient (Wildman–Crippen LogP) is 3.43. The molecular weight excluding hydrogens is 120 g/mol. The minimum Gasteiger partial charge on any atom is -0.0625 e. The first-order valence-electron chi connectivity index (χ1n) is 4.62. The first kappa shape index (κ1) is 8.10. The van der Waals surface area contributed by atoms with E-state index < -0.39 is 0 Å². The summed E-state index contributed by atoms with van der Waals surface area (Å²) >= 11 is 0. The fraction of sp³-hybridized carbons (Fsp3) is 0.900. The van der Waals surface area contributed by atoms with Gasteiger partial charge in [-0.25, -0.2) is 0 Å².